The largest absolute Gasteiger partial charge is 0.366 e. The van der Waals surface area contributed by atoms with Crippen molar-refractivity contribution in [2.24, 2.45) is 5.73 Å². The highest BCUT2D eigenvalue weighted by molar-refractivity contribution is 6.20. The maximum absolute atomic E-state index is 14.2. The third kappa shape index (κ3) is 3.48. The van der Waals surface area contributed by atoms with Gasteiger partial charge in [-0.25, -0.2) is 9.37 Å². The van der Waals surface area contributed by atoms with E-state index in [9.17, 15) is 14.0 Å². The molecule has 3 aromatic carbocycles. The van der Waals surface area contributed by atoms with Gasteiger partial charge in [-0.1, -0.05) is 38.1 Å². The topological polar surface area (TPSA) is 107 Å². The zero-order valence-electron chi connectivity index (χ0n) is 21.0. The summed E-state index contributed by atoms with van der Waals surface area (Å²) in [6.45, 7) is 6.08. The molecule has 0 spiro atoms. The summed E-state index contributed by atoms with van der Waals surface area (Å²) in [5, 5.41) is 1.99. The zero-order valence-corrected chi connectivity index (χ0v) is 21.0. The Kier molecular flexibility index (Phi) is 5.34. The number of carbonyl (C=O) groups is 1. The highest BCUT2D eigenvalue weighted by atomic mass is 19.1. The minimum Gasteiger partial charge on any atom is -0.366 e. The summed E-state index contributed by atoms with van der Waals surface area (Å²) in [5.74, 6) is -0.852. The molecule has 0 aliphatic heterocycles. The molecule has 0 bridgehead atoms. The Morgan fingerprint density at radius 2 is 1.82 bits per heavy atom. The van der Waals surface area contributed by atoms with Crippen LogP contribution in [0, 0.1) is 12.7 Å². The lowest BCUT2D eigenvalue weighted by molar-refractivity contribution is 0.100. The smallest absolute Gasteiger partial charge is 0.265 e. The molecule has 0 unspecified atom stereocenters. The van der Waals surface area contributed by atoms with Gasteiger partial charge in [0.1, 0.15) is 17.7 Å². The first-order valence-electron chi connectivity index (χ1n) is 12.3. The van der Waals surface area contributed by atoms with Crippen LogP contribution in [0.1, 0.15) is 41.4 Å². The predicted octanol–water partition coefficient (Wildman–Crippen LogP) is 5.75. The van der Waals surface area contributed by atoms with E-state index in [0.29, 0.717) is 16.8 Å². The molecule has 3 aromatic heterocycles. The van der Waals surface area contributed by atoms with Crippen molar-refractivity contribution in [1.82, 2.24) is 19.5 Å². The zero-order chi connectivity index (χ0) is 26.7. The first kappa shape index (κ1) is 23.5. The Labute approximate surface area is 216 Å². The van der Waals surface area contributed by atoms with E-state index in [4.69, 9.17) is 5.73 Å². The van der Waals surface area contributed by atoms with Crippen LogP contribution in [0.15, 0.2) is 71.9 Å². The van der Waals surface area contributed by atoms with E-state index in [-0.39, 0.29) is 22.4 Å². The molecule has 3 N–H and O–H groups in total. The van der Waals surface area contributed by atoms with E-state index in [2.05, 4.69) is 28.8 Å². The molecule has 0 aliphatic carbocycles. The number of para-hydroxylation sites is 1. The third-order valence-electron chi connectivity index (χ3n) is 7.11. The van der Waals surface area contributed by atoms with Crippen LogP contribution in [-0.2, 0) is 0 Å². The summed E-state index contributed by atoms with van der Waals surface area (Å²) in [7, 11) is 0. The number of nitrogens with two attached hydrogens (primary N) is 1. The molecule has 0 aliphatic rings. The Bertz CT molecular complexity index is 1990. The fraction of sp³-hybridized carbons (Fsp3) is 0.133. The second-order valence-corrected chi connectivity index (χ2v) is 9.71. The lowest BCUT2D eigenvalue weighted by Crippen LogP contribution is -2.20. The summed E-state index contributed by atoms with van der Waals surface area (Å²) >= 11 is 0. The molecule has 0 saturated heterocycles. The average molecular weight is 506 g/mol. The maximum Gasteiger partial charge on any atom is 0.265 e. The van der Waals surface area contributed by atoms with Gasteiger partial charge < -0.3 is 10.7 Å². The van der Waals surface area contributed by atoms with Gasteiger partial charge in [0.15, 0.2) is 0 Å². The number of aromatic nitrogens is 4. The summed E-state index contributed by atoms with van der Waals surface area (Å²) in [5.41, 5.74) is 11.4. The molecule has 0 atom stereocenters. The minimum absolute atomic E-state index is 0.0414. The number of rotatable bonds is 4. The first-order valence-corrected chi connectivity index (χ1v) is 12.3. The molecule has 38 heavy (non-hydrogen) atoms. The molecule has 0 saturated carbocycles. The number of carbonyl (C=O) groups excluding carboxylic acids is 1. The Morgan fingerprint density at radius 3 is 2.58 bits per heavy atom. The van der Waals surface area contributed by atoms with Crippen molar-refractivity contribution in [3.05, 3.63) is 100 Å². The molecule has 6 aromatic rings. The Morgan fingerprint density at radius 1 is 1.03 bits per heavy atom. The normalized spacial score (nSPS) is 11.7. The molecule has 188 valence electrons. The highest BCUT2D eigenvalue weighted by Crippen LogP contribution is 2.39. The summed E-state index contributed by atoms with van der Waals surface area (Å²) < 4.78 is 15.7. The van der Waals surface area contributed by atoms with Gasteiger partial charge in [-0.2, -0.15) is 0 Å². The van der Waals surface area contributed by atoms with Gasteiger partial charge in [-0.3, -0.25) is 19.1 Å². The Balaban J connectivity index is 1.65. The molecule has 1 amide bonds. The Hall–Kier alpha value is -4.85. The number of nitrogens with one attached hydrogen (secondary N) is 1. The number of hydrogen-bond donors (Lipinski definition) is 2. The van der Waals surface area contributed by atoms with E-state index in [1.54, 1.807) is 18.3 Å². The van der Waals surface area contributed by atoms with Gasteiger partial charge in [0, 0.05) is 16.5 Å². The van der Waals surface area contributed by atoms with Crippen LogP contribution < -0.4 is 11.3 Å². The van der Waals surface area contributed by atoms with Crippen molar-refractivity contribution in [2.75, 3.05) is 0 Å². The molecular weight excluding hydrogens is 481 g/mol. The number of hydrogen-bond acceptors (Lipinski definition) is 4. The third-order valence-corrected chi connectivity index (χ3v) is 7.11. The lowest BCUT2D eigenvalue weighted by atomic mass is 9.93. The number of halogens is 1. The second kappa shape index (κ2) is 8.62. The van der Waals surface area contributed by atoms with Gasteiger partial charge >= 0.3 is 0 Å². The van der Waals surface area contributed by atoms with Gasteiger partial charge in [-0.05, 0) is 59.9 Å². The van der Waals surface area contributed by atoms with E-state index in [1.165, 1.54) is 23.0 Å². The second-order valence-electron chi connectivity index (χ2n) is 9.71. The molecule has 8 heteroatoms. The number of benzene rings is 3. The van der Waals surface area contributed by atoms with Crippen molar-refractivity contribution in [1.29, 1.82) is 0 Å². The van der Waals surface area contributed by atoms with Crippen LogP contribution in [0.25, 0.3) is 49.5 Å². The van der Waals surface area contributed by atoms with Crippen molar-refractivity contribution in [3.63, 3.8) is 0 Å². The molecule has 7 nitrogen and oxygen atoms in total. The minimum atomic E-state index is -0.538. The predicted molar refractivity (Wildman–Crippen MR) is 147 cm³/mol. The van der Waals surface area contributed by atoms with Crippen LogP contribution in [0.4, 0.5) is 4.39 Å². The van der Waals surface area contributed by atoms with Crippen LogP contribution >= 0.6 is 0 Å². The first-order chi connectivity index (χ1) is 18.3. The lowest BCUT2D eigenvalue weighted by Gasteiger charge is -2.15. The monoisotopic (exact) mass is 505 g/mol. The number of amides is 1. The molecule has 0 radical (unpaired) electrons. The fourth-order valence-electron chi connectivity index (χ4n) is 5.14. The SMILES string of the molecule is Cc1c(-c2ccc(C(N)=O)c3[nH]c4cnc(C(C)C)cc4c23)cccc1-n1cnc2c(F)cccc2c1=O. The van der Waals surface area contributed by atoms with Crippen molar-refractivity contribution in [2.45, 2.75) is 26.7 Å². The number of fused-ring (bicyclic) bond motifs is 4. The van der Waals surface area contributed by atoms with E-state index < -0.39 is 11.7 Å². The van der Waals surface area contributed by atoms with Gasteiger partial charge in [0.25, 0.3) is 11.5 Å². The van der Waals surface area contributed by atoms with Crippen LogP contribution in [0.5, 0.6) is 0 Å². The maximum atomic E-state index is 14.2. The van der Waals surface area contributed by atoms with Gasteiger partial charge in [0.2, 0.25) is 0 Å². The number of nitrogens with zero attached hydrogens (tertiary/aromatic N) is 3. The summed E-state index contributed by atoms with van der Waals surface area (Å²) in [6.07, 6.45) is 3.14. The van der Waals surface area contributed by atoms with Crippen molar-refractivity contribution in [3.8, 4) is 16.8 Å². The van der Waals surface area contributed by atoms with Crippen LogP contribution in [0.3, 0.4) is 0 Å². The van der Waals surface area contributed by atoms with Crippen LogP contribution in [-0.4, -0.2) is 25.4 Å². The van der Waals surface area contributed by atoms with Crippen molar-refractivity contribution >= 4 is 38.6 Å². The average Bonchev–Trinajstić information content (AvgIpc) is 3.28. The number of H-pyrrole nitrogens is 1. The molecule has 0 fully saturated rings. The van der Waals surface area contributed by atoms with E-state index in [0.717, 1.165) is 38.7 Å². The number of primary amides is 1. The summed E-state index contributed by atoms with van der Waals surface area (Å²) in [4.78, 5) is 37.8. The highest BCUT2D eigenvalue weighted by Gasteiger charge is 2.20. The number of aromatic amines is 1. The van der Waals surface area contributed by atoms with Gasteiger partial charge in [-0.15, -0.1) is 0 Å². The van der Waals surface area contributed by atoms with E-state index in [1.807, 2.05) is 37.3 Å². The summed E-state index contributed by atoms with van der Waals surface area (Å²) in [6, 6.07) is 15.7. The van der Waals surface area contributed by atoms with Crippen LogP contribution in [0.2, 0.25) is 0 Å². The van der Waals surface area contributed by atoms with Gasteiger partial charge in [0.05, 0.1) is 33.9 Å². The fourth-order valence-corrected chi connectivity index (χ4v) is 5.14. The van der Waals surface area contributed by atoms with E-state index >= 15 is 0 Å². The molecule has 3 heterocycles. The molecular formula is C30H24FN5O2. The number of pyridine rings is 1. The standard InChI is InChI=1S/C30H24FN5O2/c1-15(2)23-12-21-24(13-33-23)35-28-19(29(32)37)11-10-18(26(21)28)17-6-5-9-25(16(17)3)36-14-34-27-20(30(36)38)7-4-8-22(27)31/h4-15,35H,1-3H3,(H2,32,37). The molecule has 6 rings (SSSR count). The quantitative estimate of drug-likeness (QED) is 0.318. The van der Waals surface area contributed by atoms with Crippen molar-refractivity contribution < 1.29 is 9.18 Å².